The van der Waals surface area contributed by atoms with E-state index in [4.69, 9.17) is 16.3 Å². The highest BCUT2D eigenvalue weighted by Crippen LogP contribution is 2.43. The number of para-hydroxylation sites is 1. The van der Waals surface area contributed by atoms with E-state index in [1.807, 2.05) is 49.4 Å². The van der Waals surface area contributed by atoms with Crippen molar-refractivity contribution in [2.24, 2.45) is 0 Å². The number of nitrogens with zero attached hydrogens (tertiary/aromatic N) is 2. The summed E-state index contributed by atoms with van der Waals surface area (Å²) in [6, 6.07) is 12.3. The molecule has 0 fully saturated rings. The Labute approximate surface area is 201 Å². The van der Waals surface area contributed by atoms with E-state index < -0.39 is 12.0 Å². The molecule has 1 atom stereocenters. The fraction of sp³-hybridized carbons (Fsp3) is 0.240. The minimum atomic E-state index is -0.973. The van der Waals surface area contributed by atoms with Crippen LogP contribution < -0.4 is 10.1 Å². The summed E-state index contributed by atoms with van der Waals surface area (Å²) >= 11 is 8.02. The van der Waals surface area contributed by atoms with Crippen LogP contribution in [0.15, 0.2) is 48.8 Å². The van der Waals surface area contributed by atoms with E-state index in [-0.39, 0.29) is 6.42 Å². The molecule has 0 unspecified atom stereocenters. The highest BCUT2D eigenvalue weighted by Gasteiger charge is 2.25. The van der Waals surface area contributed by atoms with Crippen molar-refractivity contribution in [2.45, 2.75) is 32.7 Å². The molecule has 0 saturated heterocycles. The number of aromatic nitrogens is 2. The number of hydrogen-bond donors (Lipinski definition) is 2. The Morgan fingerprint density at radius 3 is 2.73 bits per heavy atom. The van der Waals surface area contributed by atoms with E-state index in [1.54, 1.807) is 18.4 Å². The SMILES string of the molecule is CCc1sc2ncnc(N[C@H](Cc3ccccc3OC)C(=O)O)c2c1-c1cccc(Cl)c1C. The average Bonchev–Trinajstić information content (AvgIpc) is 3.20. The van der Waals surface area contributed by atoms with Crippen LogP contribution >= 0.6 is 22.9 Å². The lowest BCUT2D eigenvalue weighted by Gasteiger charge is -2.18. The van der Waals surface area contributed by atoms with Crippen LogP contribution in [0.3, 0.4) is 0 Å². The summed E-state index contributed by atoms with van der Waals surface area (Å²) in [7, 11) is 1.58. The molecule has 2 aromatic heterocycles. The van der Waals surface area contributed by atoms with E-state index in [1.165, 1.54) is 6.33 Å². The zero-order valence-electron chi connectivity index (χ0n) is 18.6. The molecular weight excluding hydrogens is 458 g/mol. The summed E-state index contributed by atoms with van der Waals surface area (Å²) in [6.07, 6.45) is 2.52. The van der Waals surface area contributed by atoms with Gasteiger partial charge in [0.2, 0.25) is 0 Å². The van der Waals surface area contributed by atoms with Crippen molar-refractivity contribution < 1.29 is 14.6 Å². The number of aryl methyl sites for hydroxylation is 1. The van der Waals surface area contributed by atoms with E-state index in [0.717, 1.165) is 43.8 Å². The van der Waals surface area contributed by atoms with Gasteiger partial charge in [0.05, 0.1) is 12.5 Å². The number of thiophene rings is 1. The zero-order chi connectivity index (χ0) is 23.5. The van der Waals surface area contributed by atoms with Gasteiger partial charge < -0.3 is 15.2 Å². The molecule has 0 aliphatic carbocycles. The molecule has 0 spiro atoms. The van der Waals surface area contributed by atoms with E-state index >= 15 is 0 Å². The molecule has 4 rings (SSSR count). The number of benzene rings is 2. The van der Waals surface area contributed by atoms with Gasteiger partial charge in [-0.1, -0.05) is 48.9 Å². The lowest BCUT2D eigenvalue weighted by molar-refractivity contribution is -0.137. The monoisotopic (exact) mass is 481 g/mol. The number of rotatable bonds is 8. The minimum absolute atomic E-state index is 0.237. The molecule has 170 valence electrons. The predicted molar refractivity (Wildman–Crippen MR) is 134 cm³/mol. The lowest BCUT2D eigenvalue weighted by atomic mass is 9.97. The van der Waals surface area contributed by atoms with E-state index in [2.05, 4.69) is 22.2 Å². The molecule has 0 radical (unpaired) electrons. The highest BCUT2D eigenvalue weighted by atomic mass is 35.5. The maximum Gasteiger partial charge on any atom is 0.326 e. The molecule has 0 amide bonds. The molecule has 0 bridgehead atoms. The Morgan fingerprint density at radius 2 is 2.00 bits per heavy atom. The molecule has 2 aromatic carbocycles. The van der Waals surface area contributed by atoms with Crippen LogP contribution in [0.5, 0.6) is 5.75 Å². The maximum absolute atomic E-state index is 12.2. The van der Waals surface area contributed by atoms with Gasteiger partial charge in [0, 0.05) is 21.9 Å². The maximum atomic E-state index is 12.2. The molecule has 0 aliphatic rings. The molecule has 2 N–H and O–H groups in total. The number of nitrogens with one attached hydrogen (secondary N) is 1. The number of fused-ring (bicyclic) bond motifs is 1. The van der Waals surface area contributed by atoms with Crippen molar-refractivity contribution >= 4 is 44.9 Å². The van der Waals surface area contributed by atoms with Crippen LogP contribution in [0.1, 0.15) is 22.9 Å². The number of hydrogen-bond acceptors (Lipinski definition) is 6. The topological polar surface area (TPSA) is 84.3 Å². The number of halogens is 1. The fourth-order valence-electron chi connectivity index (χ4n) is 3.96. The normalized spacial score (nSPS) is 12.0. The van der Waals surface area contributed by atoms with Crippen molar-refractivity contribution in [3.8, 4) is 16.9 Å². The second kappa shape index (κ2) is 9.77. The average molecular weight is 482 g/mol. The number of carbonyl (C=O) groups is 1. The Hall–Kier alpha value is -3.16. The summed E-state index contributed by atoms with van der Waals surface area (Å²) in [5.74, 6) is 0.171. The summed E-state index contributed by atoms with van der Waals surface area (Å²) < 4.78 is 5.41. The first kappa shape index (κ1) is 23.0. The van der Waals surface area contributed by atoms with Crippen molar-refractivity contribution in [1.29, 1.82) is 0 Å². The van der Waals surface area contributed by atoms with Crippen molar-refractivity contribution in [3.63, 3.8) is 0 Å². The third-order valence-corrected chi connectivity index (χ3v) is 7.30. The number of methoxy groups -OCH3 is 1. The Morgan fingerprint density at radius 1 is 1.21 bits per heavy atom. The molecule has 6 nitrogen and oxygen atoms in total. The Kier molecular flexibility index (Phi) is 6.81. The van der Waals surface area contributed by atoms with Crippen LogP contribution in [-0.4, -0.2) is 34.2 Å². The van der Waals surface area contributed by atoms with Gasteiger partial charge in [0.1, 0.15) is 28.8 Å². The largest absolute Gasteiger partial charge is 0.496 e. The van der Waals surface area contributed by atoms with Crippen LogP contribution in [-0.2, 0) is 17.6 Å². The van der Waals surface area contributed by atoms with Gasteiger partial charge in [-0.2, -0.15) is 0 Å². The summed E-state index contributed by atoms with van der Waals surface area (Å²) in [5.41, 5.74) is 3.77. The van der Waals surface area contributed by atoms with Crippen LogP contribution in [0, 0.1) is 6.92 Å². The molecule has 0 saturated carbocycles. The zero-order valence-corrected chi connectivity index (χ0v) is 20.1. The molecule has 33 heavy (non-hydrogen) atoms. The molecule has 8 heteroatoms. The molecule has 0 aliphatic heterocycles. The highest BCUT2D eigenvalue weighted by molar-refractivity contribution is 7.19. The third kappa shape index (κ3) is 4.51. The van der Waals surface area contributed by atoms with Crippen LogP contribution in [0.25, 0.3) is 21.3 Å². The van der Waals surface area contributed by atoms with Gasteiger partial charge in [0.25, 0.3) is 0 Å². The quantitative estimate of drug-likeness (QED) is 0.321. The van der Waals surface area contributed by atoms with Gasteiger partial charge in [0.15, 0.2) is 0 Å². The number of carboxylic acid groups (broad SMARTS) is 1. The van der Waals surface area contributed by atoms with Crippen molar-refractivity contribution in [2.75, 3.05) is 12.4 Å². The molecule has 4 aromatic rings. The number of carboxylic acids is 1. The van der Waals surface area contributed by atoms with Gasteiger partial charge in [-0.3, -0.25) is 0 Å². The second-order valence-corrected chi connectivity index (χ2v) is 9.11. The number of aliphatic carboxylic acids is 1. The Bertz CT molecular complexity index is 1320. The smallest absolute Gasteiger partial charge is 0.326 e. The van der Waals surface area contributed by atoms with Gasteiger partial charge >= 0.3 is 5.97 Å². The second-order valence-electron chi connectivity index (χ2n) is 7.62. The lowest BCUT2D eigenvalue weighted by Crippen LogP contribution is -2.32. The summed E-state index contributed by atoms with van der Waals surface area (Å²) in [5, 5.41) is 14.7. The minimum Gasteiger partial charge on any atom is -0.496 e. The van der Waals surface area contributed by atoms with Gasteiger partial charge in [-0.05, 0) is 42.2 Å². The van der Waals surface area contributed by atoms with Gasteiger partial charge in [-0.15, -0.1) is 11.3 Å². The number of anilines is 1. The van der Waals surface area contributed by atoms with Crippen LogP contribution in [0.4, 0.5) is 5.82 Å². The fourth-order valence-corrected chi connectivity index (χ4v) is 5.22. The molecule has 2 heterocycles. The summed E-state index contributed by atoms with van der Waals surface area (Å²) in [4.78, 5) is 23.1. The van der Waals surface area contributed by atoms with Crippen molar-refractivity contribution in [1.82, 2.24) is 9.97 Å². The third-order valence-electron chi connectivity index (χ3n) is 5.64. The Balaban J connectivity index is 1.83. The predicted octanol–water partition coefficient (Wildman–Crippen LogP) is 6.00. The summed E-state index contributed by atoms with van der Waals surface area (Å²) in [6.45, 7) is 4.08. The van der Waals surface area contributed by atoms with Crippen molar-refractivity contribution in [3.05, 3.63) is 69.8 Å². The first-order valence-corrected chi connectivity index (χ1v) is 11.8. The first-order valence-electron chi connectivity index (χ1n) is 10.6. The standard InChI is InChI=1S/C25H24ClN3O3S/c1-4-20-21(16-9-7-10-17(26)14(16)2)22-23(27-13-28-24(22)33-20)29-18(25(30)31)12-15-8-5-6-11-19(15)32-3/h5-11,13,18H,4,12H2,1-3H3,(H,30,31)(H,27,28,29)/t18-/m1/s1. The van der Waals surface area contributed by atoms with Crippen LogP contribution in [0.2, 0.25) is 5.02 Å². The van der Waals surface area contributed by atoms with E-state index in [9.17, 15) is 9.90 Å². The van der Waals surface area contributed by atoms with E-state index in [0.29, 0.717) is 16.6 Å². The number of ether oxygens (including phenoxy) is 1. The molecular formula is C25H24ClN3O3S. The van der Waals surface area contributed by atoms with Gasteiger partial charge in [-0.25, -0.2) is 14.8 Å². The first-order chi connectivity index (χ1) is 15.9.